The van der Waals surface area contributed by atoms with E-state index in [2.05, 4.69) is 52.9 Å². The average molecular weight is 284 g/mol. The van der Waals surface area contributed by atoms with Gasteiger partial charge >= 0.3 is 0 Å². The third-order valence-electron chi connectivity index (χ3n) is 2.51. The van der Waals surface area contributed by atoms with Gasteiger partial charge in [-0.1, -0.05) is 24.3 Å². The SMILES string of the molecule is Ic1ccccc1C1=CCCCC1. The minimum atomic E-state index is 1.26. The molecular weight excluding hydrogens is 271 g/mol. The summed E-state index contributed by atoms with van der Waals surface area (Å²) in [4.78, 5) is 0. The highest BCUT2D eigenvalue weighted by Gasteiger charge is 2.07. The lowest BCUT2D eigenvalue weighted by Gasteiger charge is -2.13. The van der Waals surface area contributed by atoms with Crippen molar-refractivity contribution in [1.29, 1.82) is 0 Å². The Hall–Kier alpha value is -0.310. The van der Waals surface area contributed by atoms with Gasteiger partial charge in [-0.2, -0.15) is 0 Å². The maximum Gasteiger partial charge on any atom is 0.0205 e. The van der Waals surface area contributed by atoms with E-state index in [1.54, 1.807) is 5.57 Å². The second-order valence-corrected chi connectivity index (χ2v) is 4.62. The summed E-state index contributed by atoms with van der Waals surface area (Å²) in [5, 5.41) is 0. The van der Waals surface area contributed by atoms with Crippen LogP contribution in [0.5, 0.6) is 0 Å². The van der Waals surface area contributed by atoms with Crippen molar-refractivity contribution >= 4 is 28.2 Å². The van der Waals surface area contributed by atoms with E-state index < -0.39 is 0 Å². The fourth-order valence-electron chi connectivity index (χ4n) is 1.80. The third kappa shape index (κ3) is 2.13. The second kappa shape index (κ2) is 4.27. The number of benzene rings is 1. The van der Waals surface area contributed by atoms with Crippen LogP contribution in [0.4, 0.5) is 0 Å². The molecule has 0 fully saturated rings. The number of hydrogen-bond acceptors (Lipinski definition) is 0. The first-order chi connectivity index (χ1) is 6.38. The minimum Gasteiger partial charge on any atom is -0.0807 e. The van der Waals surface area contributed by atoms with E-state index in [9.17, 15) is 0 Å². The van der Waals surface area contributed by atoms with Crippen LogP contribution in [-0.4, -0.2) is 0 Å². The van der Waals surface area contributed by atoms with Gasteiger partial charge < -0.3 is 0 Å². The van der Waals surface area contributed by atoms with Gasteiger partial charge in [-0.3, -0.25) is 0 Å². The van der Waals surface area contributed by atoms with Crippen LogP contribution in [0.25, 0.3) is 5.57 Å². The van der Waals surface area contributed by atoms with Crippen LogP contribution in [0.3, 0.4) is 0 Å². The largest absolute Gasteiger partial charge is 0.0807 e. The number of rotatable bonds is 1. The zero-order valence-electron chi connectivity index (χ0n) is 7.59. The molecule has 0 saturated heterocycles. The lowest BCUT2D eigenvalue weighted by molar-refractivity contribution is 0.741. The van der Waals surface area contributed by atoms with Crippen LogP contribution in [0.2, 0.25) is 0 Å². The van der Waals surface area contributed by atoms with Crippen LogP contribution in [0, 0.1) is 3.57 Å². The van der Waals surface area contributed by atoms with Gasteiger partial charge in [-0.15, -0.1) is 0 Å². The third-order valence-corrected chi connectivity index (χ3v) is 3.45. The van der Waals surface area contributed by atoms with Crippen molar-refractivity contribution in [3.8, 4) is 0 Å². The maximum atomic E-state index is 2.42. The van der Waals surface area contributed by atoms with Gasteiger partial charge in [0, 0.05) is 3.57 Å². The first kappa shape index (κ1) is 9.25. The van der Waals surface area contributed by atoms with Crippen LogP contribution in [0.15, 0.2) is 30.3 Å². The summed E-state index contributed by atoms with van der Waals surface area (Å²) in [6.07, 6.45) is 7.66. The Morgan fingerprint density at radius 2 is 1.92 bits per heavy atom. The highest BCUT2D eigenvalue weighted by atomic mass is 127. The maximum absolute atomic E-state index is 2.42. The summed E-state index contributed by atoms with van der Waals surface area (Å²) in [5.74, 6) is 0. The molecule has 0 N–H and O–H groups in total. The zero-order chi connectivity index (χ0) is 9.10. The highest BCUT2D eigenvalue weighted by molar-refractivity contribution is 14.1. The predicted molar refractivity (Wildman–Crippen MR) is 65.6 cm³/mol. The molecule has 0 nitrogen and oxygen atoms in total. The molecule has 1 heteroatoms. The lowest BCUT2D eigenvalue weighted by atomic mass is 9.94. The Morgan fingerprint density at radius 3 is 2.62 bits per heavy atom. The summed E-state index contributed by atoms with van der Waals surface area (Å²) in [6, 6.07) is 8.66. The molecule has 2 rings (SSSR count). The zero-order valence-corrected chi connectivity index (χ0v) is 9.75. The van der Waals surface area contributed by atoms with Gasteiger partial charge in [0.05, 0.1) is 0 Å². The number of halogens is 1. The molecule has 1 aromatic carbocycles. The number of hydrogen-bond donors (Lipinski definition) is 0. The summed E-state index contributed by atoms with van der Waals surface area (Å²) < 4.78 is 1.38. The van der Waals surface area contributed by atoms with E-state index in [4.69, 9.17) is 0 Å². The van der Waals surface area contributed by atoms with Crippen LogP contribution >= 0.6 is 22.6 Å². The molecule has 0 bridgehead atoms. The molecule has 0 unspecified atom stereocenters. The molecule has 1 aliphatic carbocycles. The summed E-state index contributed by atoms with van der Waals surface area (Å²) >= 11 is 2.42. The normalized spacial score (nSPS) is 16.8. The Balaban J connectivity index is 2.34. The van der Waals surface area contributed by atoms with Crippen LogP contribution in [-0.2, 0) is 0 Å². The molecule has 0 aliphatic heterocycles. The van der Waals surface area contributed by atoms with Gasteiger partial charge in [0.25, 0.3) is 0 Å². The number of allylic oxidation sites excluding steroid dienone is 2. The summed E-state index contributed by atoms with van der Waals surface area (Å²) in [5.41, 5.74) is 3.00. The second-order valence-electron chi connectivity index (χ2n) is 3.45. The van der Waals surface area contributed by atoms with Gasteiger partial charge in [-0.25, -0.2) is 0 Å². The fraction of sp³-hybridized carbons (Fsp3) is 0.333. The standard InChI is InChI=1S/C12H13I/c13-12-9-5-4-8-11(12)10-6-2-1-3-7-10/h4-6,8-9H,1-3,7H2. The lowest BCUT2D eigenvalue weighted by Crippen LogP contribution is -1.93. The Labute approximate surface area is 93.2 Å². The Morgan fingerprint density at radius 1 is 1.08 bits per heavy atom. The molecule has 68 valence electrons. The van der Waals surface area contributed by atoms with Crippen molar-refractivity contribution in [2.24, 2.45) is 0 Å². The fourth-order valence-corrected chi connectivity index (χ4v) is 2.54. The van der Waals surface area contributed by atoms with E-state index in [-0.39, 0.29) is 0 Å². The smallest absolute Gasteiger partial charge is 0.0205 e. The first-order valence-corrected chi connectivity index (χ1v) is 5.90. The molecule has 1 aromatic rings. The van der Waals surface area contributed by atoms with Gasteiger partial charge in [0.2, 0.25) is 0 Å². The molecular formula is C12H13I. The van der Waals surface area contributed by atoms with E-state index in [0.29, 0.717) is 0 Å². The van der Waals surface area contributed by atoms with Crippen molar-refractivity contribution in [1.82, 2.24) is 0 Å². The van der Waals surface area contributed by atoms with E-state index in [1.807, 2.05) is 0 Å². The van der Waals surface area contributed by atoms with Crippen molar-refractivity contribution in [2.45, 2.75) is 25.7 Å². The monoisotopic (exact) mass is 284 g/mol. The molecule has 0 radical (unpaired) electrons. The average Bonchev–Trinajstić information content (AvgIpc) is 2.20. The quantitative estimate of drug-likeness (QED) is 0.676. The molecule has 0 spiro atoms. The Bertz CT molecular complexity index is 326. The Kier molecular flexibility index (Phi) is 3.04. The first-order valence-electron chi connectivity index (χ1n) is 4.82. The van der Waals surface area contributed by atoms with Gasteiger partial charge in [0.1, 0.15) is 0 Å². The minimum absolute atomic E-state index is 1.26. The van der Waals surface area contributed by atoms with Crippen LogP contribution in [0.1, 0.15) is 31.2 Å². The molecule has 0 amide bonds. The molecule has 0 aromatic heterocycles. The van der Waals surface area contributed by atoms with Crippen molar-refractivity contribution in [3.63, 3.8) is 0 Å². The summed E-state index contributed by atoms with van der Waals surface area (Å²) in [6.45, 7) is 0. The van der Waals surface area contributed by atoms with E-state index in [0.717, 1.165) is 0 Å². The molecule has 1 aliphatic rings. The molecule has 0 atom stereocenters. The van der Waals surface area contributed by atoms with Gasteiger partial charge in [0.15, 0.2) is 0 Å². The van der Waals surface area contributed by atoms with Crippen LogP contribution < -0.4 is 0 Å². The van der Waals surface area contributed by atoms with E-state index >= 15 is 0 Å². The molecule has 0 heterocycles. The summed E-state index contributed by atoms with van der Waals surface area (Å²) in [7, 11) is 0. The van der Waals surface area contributed by atoms with Gasteiger partial charge in [-0.05, 0) is 65.5 Å². The van der Waals surface area contributed by atoms with Crippen molar-refractivity contribution in [3.05, 3.63) is 39.5 Å². The van der Waals surface area contributed by atoms with E-state index in [1.165, 1.54) is 34.8 Å². The molecule has 0 saturated carbocycles. The topological polar surface area (TPSA) is 0 Å². The highest BCUT2D eigenvalue weighted by Crippen LogP contribution is 2.29. The molecule has 13 heavy (non-hydrogen) atoms. The predicted octanol–water partition coefficient (Wildman–Crippen LogP) is 4.25. The van der Waals surface area contributed by atoms with Crippen molar-refractivity contribution in [2.75, 3.05) is 0 Å². The van der Waals surface area contributed by atoms with Crippen molar-refractivity contribution < 1.29 is 0 Å².